The predicted octanol–water partition coefficient (Wildman–Crippen LogP) is 3.54. The molecule has 0 saturated heterocycles. The topological polar surface area (TPSA) is 9.23 Å². The van der Waals surface area contributed by atoms with Crippen molar-refractivity contribution in [2.75, 3.05) is 0 Å². The summed E-state index contributed by atoms with van der Waals surface area (Å²) in [6.45, 7) is 7.76. The van der Waals surface area contributed by atoms with Gasteiger partial charge in [0.15, 0.2) is 6.71 Å². The maximum atomic E-state index is 5.81. The molecule has 0 atom stereocenters. The first-order chi connectivity index (χ1) is 8.66. The summed E-state index contributed by atoms with van der Waals surface area (Å²) in [5.41, 5.74) is 3.89. The van der Waals surface area contributed by atoms with Crippen LogP contribution in [-0.2, 0) is 6.61 Å². The molecule has 0 saturated carbocycles. The van der Waals surface area contributed by atoms with E-state index in [-0.39, 0.29) is 0 Å². The van der Waals surface area contributed by atoms with Crippen LogP contribution in [0.2, 0.25) is 13.6 Å². The minimum atomic E-state index is 0.563. The summed E-state index contributed by atoms with van der Waals surface area (Å²) in [4.78, 5) is 0. The highest BCUT2D eigenvalue weighted by molar-refractivity contribution is 6.71. The Balaban J connectivity index is 2.05. The molecule has 18 heavy (non-hydrogen) atoms. The molecule has 0 radical (unpaired) electrons. The van der Waals surface area contributed by atoms with E-state index in [2.05, 4.69) is 50.9 Å². The van der Waals surface area contributed by atoms with E-state index < -0.39 is 0 Å². The molecule has 0 aliphatic carbocycles. The van der Waals surface area contributed by atoms with Crippen LogP contribution < -0.4 is 10.2 Å². The van der Waals surface area contributed by atoms with Gasteiger partial charge in [0.1, 0.15) is 12.4 Å². The monoisotopic (exact) mass is 238 g/mol. The van der Waals surface area contributed by atoms with Gasteiger partial charge in [0.2, 0.25) is 0 Å². The van der Waals surface area contributed by atoms with E-state index in [1.807, 2.05) is 18.2 Å². The Kier molecular flexibility index (Phi) is 4.09. The third-order valence-electron chi connectivity index (χ3n) is 3.11. The fraction of sp³-hybridized carbons (Fsp3) is 0.250. The molecule has 0 aliphatic heterocycles. The molecule has 0 spiro atoms. The molecule has 0 aromatic heterocycles. The van der Waals surface area contributed by atoms with Gasteiger partial charge >= 0.3 is 0 Å². The summed E-state index contributed by atoms with van der Waals surface area (Å²) < 4.78 is 5.81. The summed E-state index contributed by atoms with van der Waals surface area (Å²) in [7, 11) is 0. The molecule has 0 unspecified atom stereocenters. The van der Waals surface area contributed by atoms with Gasteiger partial charge < -0.3 is 4.74 Å². The number of benzene rings is 2. The van der Waals surface area contributed by atoms with Crippen LogP contribution in [0.4, 0.5) is 0 Å². The summed E-state index contributed by atoms with van der Waals surface area (Å²) in [5, 5.41) is 0. The van der Waals surface area contributed by atoms with Crippen molar-refractivity contribution in [3.63, 3.8) is 0 Å². The van der Waals surface area contributed by atoms with E-state index in [1.165, 1.54) is 16.6 Å². The molecular weight excluding hydrogens is 219 g/mol. The van der Waals surface area contributed by atoms with E-state index in [0.717, 1.165) is 5.75 Å². The van der Waals surface area contributed by atoms with Gasteiger partial charge in [-0.25, -0.2) is 0 Å². The van der Waals surface area contributed by atoms with E-state index in [1.54, 1.807) is 0 Å². The van der Waals surface area contributed by atoms with Gasteiger partial charge in [0, 0.05) is 0 Å². The Morgan fingerprint density at radius 2 is 1.72 bits per heavy atom. The lowest BCUT2D eigenvalue weighted by Crippen LogP contribution is -2.25. The summed E-state index contributed by atoms with van der Waals surface area (Å²) >= 11 is 0. The lowest BCUT2D eigenvalue weighted by Gasteiger charge is -2.11. The Morgan fingerprint density at radius 1 is 1.00 bits per heavy atom. The largest absolute Gasteiger partial charge is 0.489 e. The van der Waals surface area contributed by atoms with Crippen molar-refractivity contribution in [1.82, 2.24) is 0 Å². The first kappa shape index (κ1) is 12.8. The Labute approximate surface area is 110 Å². The fourth-order valence-corrected chi connectivity index (χ4v) is 2.13. The van der Waals surface area contributed by atoms with Crippen LogP contribution in [0.5, 0.6) is 5.75 Å². The molecule has 0 bridgehead atoms. The van der Waals surface area contributed by atoms with Crippen molar-refractivity contribution < 1.29 is 4.74 Å². The van der Waals surface area contributed by atoms with Crippen molar-refractivity contribution in [3.05, 3.63) is 59.7 Å². The molecule has 0 aliphatic rings. The SMILES string of the molecule is CB(C)c1ccc(OCc2ccccc2)cc1C. The van der Waals surface area contributed by atoms with Gasteiger partial charge in [-0.3, -0.25) is 0 Å². The summed E-state index contributed by atoms with van der Waals surface area (Å²) in [5.74, 6) is 0.945. The number of ether oxygens (including phenoxy) is 1. The van der Waals surface area contributed by atoms with Crippen molar-refractivity contribution >= 4 is 12.2 Å². The number of hydrogen-bond donors (Lipinski definition) is 0. The van der Waals surface area contributed by atoms with E-state index >= 15 is 0 Å². The Bertz CT molecular complexity index is 506. The van der Waals surface area contributed by atoms with Crippen molar-refractivity contribution in [3.8, 4) is 5.75 Å². The highest BCUT2D eigenvalue weighted by atomic mass is 16.5. The molecule has 2 rings (SSSR count). The summed E-state index contributed by atoms with van der Waals surface area (Å²) in [6, 6.07) is 16.6. The zero-order valence-electron chi connectivity index (χ0n) is 11.3. The molecule has 1 nitrogen and oxygen atoms in total. The molecule has 0 fully saturated rings. The molecule has 0 heterocycles. The molecule has 2 heteroatoms. The second-order valence-corrected chi connectivity index (χ2v) is 4.95. The van der Waals surface area contributed by atoms with Gasteiger partial charge in [-0.1, -0.05) is 61.1 Å². The van der Waals surface area contributed by atoms with Gasteiger partial charge in [-0.2, -0.15) is 0 Å². The minimum absolute atomic E-state index is 0.563. The van der Waals surface area contributed by atoms with Gasteiger partial charge in [0.05, 0.1) is 0 Å². The first-order valence-electron chi connectivity index (χ1n) is 6.44. The van der Waals surface area contributed by atoms with Crippen molar-refractivity contribution in [1.29, 1.82) is 0 Å². The molecule has 0 N–H and O–H groups in total. The lowest BCUT2D eigenvalue weighted by molar-refractivity contribution is 0.306. The minimum Gasteiger partial charge on any atom is -0.489 e. The van der Waals surface area contributed by atoms with Crippen LogP contribution in [0.25, 0.3) is 0 Å². The number of rotatable bonds is 4. The number of hydrogen-bond acceptors (Lipinski definition) is 1. The Hall–Kier alpha value is -1.70. The number of aryl methyl sites for hydroxylation is 1. The van der Waals surface area contributed by atoms with E-state index in [4.69, 9.17) is 4.74 Å². The highest BCUT2D eigenvalue weighted by Crippen LogP contribution is 2.14. The second kappa shape index (κ2) is 5.77. The smallest absolute Gasteiger partial charge is 0.169 e. The zero-order chi connectivity index (χ0) is 13.0. The third-order valence-corrected chi connectivity index (χ3v) is 3.11. The van der Waals surface area contributed by atoms with Crippen LogP contribution >= 0.6 is 0 Å². The Morgan fingerprint density at radius 3 is 2.33 bits per heavy atom. The maximum Gasteiger partial charge on any atom is 0.169 e. The van der Waals surface area contributed by atoms with Crippen LogP contribution in [0.15, 0.2) is 48.5 Å². The average Bonchev–Trinajstić information content (AvgIpc) is 2.37. The normalized spacial score (nSPS) is 10.2. The van der Waals surface area contributed by atoms with Crippen LogP contribution in [0, 0.1) is 6.92 Å². The maximum absolute atomic E-state index is 5.81. The van der Waals surface area contributed by atoms with Crippen LogP contribution in [-0.4, -0.2) is 6.71 Å². The molecule has 92 valence electrons. The fourth-order valence-electron chi connectivity index (χ4n) is 2.13. The van der Waals surface area contributed by atoms with E-state index in [9.17, 15) is 0 Å². The van der Waals surface area contributed by atoms with Crippen molar-refractivity contribution in [2.45, 2.75) is 27.2 Å². The highest BCUT2D eigenvalue weighted by Gasteiger charge is 2.07. The standard InChI is InChI=1S/C16H19BO/c1-13-11-15(9-10-16(13)17(2)3)18-12-14-7-5-4-6-8-14/h4-11H,12H2,1-3H3. The van der Waals surface area contributed by atoms with E-state index in [0.29, 0.717) is 13.3 Å². The summed E-state index contributed by atoms with van der Waals surface area (Å²) in [6.07, 6.45) is 0. The average molecular weight is 238 g/mol. The molecule has 0 amide bonds. The lowest BCUT2D eigenvalue weighted by atomic mass is 9.48. The van der Waals surface area contributed by atoms with Crippen LogP contribution in [0.1, 0.15) is 11.1 Å². The van der Waals surface area contributed by atoms with Crippen LogP contribution in [0.3, 0.4) is 0 Å². The van der Waals surface area contributed by atoms with Gasteiger partial charge in [-0.05, 0) is 24.6 Å². The molecular formula is C16H19BO. The van der Waals surface area contributed by atoms with Crippen molar-refractivity contribution in [2.24, 2.45) is 0 Å². The molecule has 2 aromatic rings. The molecule has 2 aromatic carbocycles. The van der Waals surface area contributed by atoms with Gasteiger partial charge in [0.25, 0.3) is 0 Å². The zero-order valence-corrected chi connectivity index (χ0v) is 11.3. The third kappa shape index (κ3) is 3.16. The first-order valence-corrected chi connectivity index (χ1v) is 6.44. The van der Waals surface area contributed by atoms with Gasteiger partial charge in [-0.15, -0.1) is 0 Å². The quantitative estimate of drug-likeness (QED) is 0.740. The predicted molar refractivity (Wildman–Crippen MR) is 79.1 cm³/mol. The second-order valence-electron chi connectivity index (χ2n) is 4.95.